The molecule has 0 aliphatic carbocycles. The third-order valence-electron chi connectivity index (χ3n) is 3.91. The Balaban J connectivity index is 1.89. The number of hydrogen-bond donors (Lipinski definition) is 1. The second-order valence-corrected chi connectivity index (χ2v) is 6.38. The zero-order valence-electron chi connectivity index (χ0n) is 11.8. The number of H-pyrrole nitrogens is 1. The van der Waals surface area contributed by atoms with Gasteiger partial charge in [-0.15, -0.1) is 11.3 Å². The summed E-state index contributed by atoms with van der Waals surface area (Å²) in [6, 6.07) is 2.12. The summed E-state index contributed by atoms with van der Waals surface area (Å²) < 4.78 is 0. The second-order valence-electron chi connectivity index (χ2n) is 5.47. The van der Waals surface area contributed by atoms with E-state index in [0.29, 0.717) is 0 Å². The van der Waals surface area contributed by atoms with E-state index in [2.05, 4.69) is 10.2 Å². The van der Waals surface area contributed by atoms with Crippen LogP contribution >= 0.6 is 11.3 Å². The maximum Gasteiger partial charge on any atom is 0.264 e. The van der Waals surface area contributed by atoms with E-state index in [1.54, 1.807) is 0 Å². The van der Waals surface area contributed by atoms with Crippen molar-refractivity contribution in [2.24, 2.45) is 0 Å². The average molecular weight is 289 g/mol. The van der Waals surface area contributed by atoms with Crippen molar-refractivity contribution < 1.29 is 4.79 Å². The minimum atomic E-state index is 0.140. The molecule has 0 spiro atoms. The smallest absolute Gasteiger partial charge is 0.264 e. The Morgan fingerprint density at radius 1 is 1.45 bits per heavy atom. The summed E-state index contributed by atoms with van der Waals surface area (Å²) in [5.74, 6) is 0.154. The first-order valence-corrected chi connectivity index (χ1v) is 7.91. The number of piperidine rings is 1. The van der Waals surface area contributed by atoms with Crippen LogP contribution in [0.1, 0.15) is 51.8 Å². The Morgan fingerprint density at radius 2 is 2.30 bits per heavy atom. The lowest BCUT2D eigenvalue weighted by molar-refractivity contribution is 0.0610. The minimum absolute atomic E-state index is 0.140. The number of nitrogens with zero attached hydrogens (tertiary/aromatic N) is 2. The molecule has 0 aromatic carbocycles. The summed E-state index contributed by atoms with van der Waals surface area (Å²) in [6.45, 7) is 4.91. The van der Waals surface area contributed by atoms with Gasteiger partial charge < -0.3 is 4.90 Å². The van der Waals surface area contributed by atoms with E-state index in [1.165, 1.54) is 11.3 Å². The maximum absolute atomic E-state index is 12.7. The summed E-state index contributed by atoms with van der Waals surface area (Å²) in [7, 11) is 0. The first-order chi connectivity index (χ1) is 9.66. The van der Waals surface area contributed by atoms with Crippen molar-refractivity contribution in [2.45, 2.75) is 39.2 Å². The number of aromatic amines is 1. The number of carbonyl (C=O) groups excluding carboxylic acids is 1. The fourth-order valence-electron chi connectivity index (χ4n) is 2.85. The highest BCUT2D eigenvalue weighted by atomic mass is 32.1. The fourth-order valence-corrected chi connectivity index (χ4v) is 3.71. The van der Waals surface area contributed by atoms with Gasteiger partial charge in [-0.05, 0) is 55.7 Å². The molecular weight excluding hydrogens is 270 g/mol. The van der Waals surface area contributed by atoms with Crippen molar-refractivity contribution in [3.8, 4) is 0 Å². The minimum Gasteiger partial charge on any atom is -0.329 e. The van der Waals surface area contributed by atoms with Gasteiger partial charge in [0, 0.05) is 6.54 Å². The number of aromatic nitrogens is 2. The van der Waals surface area contributed by atoms with Crippen LogP contribution in [-0.4, -0.2) is 27.5 Å². The van der Waals surface area contributed by atoms with Crippen molar-refractivity contribution in [1.82, 2.24) is 15.1 Å². The van der Waals surface area contributed by atoms with Crippen molar-refractivity contribution in [1.29, 1.82) is 0 Å². The lowest BCUT2D eigenvalue weighted by Gasteiger charge is -2.35. The summed E-state index contributed by atoms with van der Waals surface area (Å²) in [5, 5.41) is 9.22. The number of aryl methyl sites for hydroxylation is 2. The monoisotopic (exact) mass is 289 g/mol. The van der Waals surface area contributed by atoms with E-state index in [-0.39, 0.29) is 11.9 Å². The topological polar surface area (TPSA) is 49.0 Å². The van der Waals surface area contributed by atoms with Gasteiger partial charge in [0.1, 0.15) is 0 Å². The maximum atomic E-state index is 12.7. The molecule has 3 rings (SSSR count). The van der Waals surface area contributed by atoms with E-state index in [9.17, 15) is 4.79 Å². The van der Waals surface area contributed by atoms with Crippen LogP contribution in [0.25, 0.3) is 0 Å². The molecule has 0 bridgehead atoms. The van der Waals surface area contributed by atoms with E-state index in [1.807, 2.05) is 36.4 Å². The van der Waals surface area contributed by atoms with Crippen LogP contribution in [0.2, 0.25) is 0 Å². The molecule has 0 radical (unpaired) electrons. The quantitative estimate of drug-likeness (QED) is 0.920. The lowest BCUT2D eigenvalue weighted by atomic mass is 9.97. The average Bonchev–Trinajstić information content (AvgIpc) is 3.07. The van der Waals surface area contributed by atoms with Gasteiger partial charge in [0.2, 0.25) is 0 Å². The highest BCUT2D eigenvalue weighted by molar-refractivity contribution is 7.12. The summed E-state index contributed by atoms with van der Waals surface area (Å²) in [4.78, 5) is 15.6. The molecule has 0 saturated carbocycles. The molecule has 2 aromatic rings. The molecule has 1 amide bonds. The number of likely N-dealkylation sites (tertiary alicyclic amines) is 1. The summed E-state index contributed by atoms with van der Waals surface area (Å²) >= 11 is 1.54. The van der Waals surface area contributed by atoms with Gasteiger partial charge >= 0.3 is 0 Å². The molecule has 3 heterocycles. The molecule has 2 aromatic heterocycles. The third-order valence-corrected chi connectivity index (χ3v) is 4.94. The molecule has 1 fully saturated rings. The fraction of sp³-hybridized carbons (Fsp3) is 0.467. The molecule has 1 aliphatic heterocycles. The standard InChI is InChI=1S/C15H19N3OS/c1-10-7-13(20-9-10)15(19)18-6-4-3-5-12(18)14-11(2)8-16-17-14/h7-9,12H,3-6H2,1-2H3,(H,16,17)/t12-/m0/s1. The van der Waals surface area contributed by atoms with Gasteiger partial charge in [-0.1, -0.05) is 0 Å². The van der Waals surface area contributed by atoms with Gasteiger partial charge in [-0.3, -0.25) is 9.89 Å². The number of carbonyl (C=O) groups is 1. The molecule has 1 atom stereocenters. The number of nitrogens with one attached hydrogen (secondary N) is 1. The largest absolute Gasteiger partial charge is 0.329 e. The lowest BCUT2D eigenvalue weighted by Crippen LogP contribution is -2.38. The van der Waals surface area contributed by atoms with Gasteiger partial charge in [0.05, 0.1) is 22.8 Å². The Labute approximate surface area is 122 Å². The SMILES string of the molecule is Cc1csc(C(=O)N2CCCC[C@H]2c2[nH]ncc2C)c1. The van der Waals surface area contributed by atoms with Crippen LogP contribution in [0.4, 0.5) is 0 Å². The van der Waals surface area contributed by atoms with E-state index >= 15 is 0 Å². The van der Waals surface area contributed by atoms with Crippen LogP contribution in [0.3, 0.4) is 0 Å². The molecule has 1 N–H and O–H groups in total. The van der Waals surface area contributed by atoms with Crippen molar-refractivity contribution in [2.75, 3.05) is 6.54 Å². The second kappa shape index (κ2) is 5.40. The zero-order chi connectivity index (χ0) is 14.1. The predicted molar refractivity (Wildman–Crippen MR) is 80.0 cm³/mol. The molecule has 4 nitrogen and oxygen atoms in total. The van der Waals surface area contributed by atoms with Crippen molar-refractivity contribution in [3.05, 3.63) is 39.3 Å². The van der Waals surface area contributed by atoms with Crippen LogP contribution in [0.15, 0.2) is 17.6 Å². The first-order valence-electron chi connectivity index (χ1n) is 7.03. The molecule has 20 heavy (non-hydrogen) atoms. The molecule has 0 unspecified atom stereocenters. The zero-order valence-corrected chi connectivity index (χ0v) is 12.7. The molecule has 1 aliphatic rings. The number of thiophene rings is 1. The van der Waals surface area contributed by atoms with Gasteiger partial charge in [0.25, 0.3) is 5.91 Å². The molecular formula is C15H19N3OS. The van der Waals surface area contributed by atoms with Crippen LogP contribution in [0, 0.1) is 13.8 Å². The predicted octanol–water partition coefficient (Wildman–Crippen LogP) is 3.46. The third kappa shape index (κ3) is 2.38. The molecule has 5 heteroatoms. The molecule has 1 saturated heterocycles. The van der Waals surface area contributed by atoms with Crippen molar-refractivity contribution in [3.63, 3.8) is 0 Å². The van der Waals surface area contributed by atoms with Gasteiger partial charge in [-0.2, -0.15) is 5.10 Å². The Bertz CT molecular complexity index is 616. The van der Waals surface area contributed by atoms with Crippen LogP contribution in [-0.2, 0) is 0 Å². The summed E-state index contributed by atoms with van der Waals surface area (Å²) in [5.41, 5.74) is 3.38. The van der Waals surface area contributed by atoms with Gasteiger partial charge in [-0.25, -0.2) is 0 Å². The van der Waals surface area contributed by atoms with E-state index in [4.69, 9.17) is 0 Å². The Kier molecular flexibility index (Phi) is 3.61. The summed E-state index contributed by atoms with van der Waals surface area (Å²) in [6.07, 6.45) is 5.09. The van der Waals surface area contributed by atoms with E-state index in [0.717, 1.165) is 47.5 Å². The number of amides is 1. The first kappa shape index (κ1) is 13.4. The number of rotatable bonds is 2. The Morgan fingerprint density at radius 3 is 2.95 bits per heavy atom. The van der Waals surface area contributed by atoms with Gasteiger partial charge in [0.15, 0.2) is 0 Å². The number of hydrogen-bond acceptors (Lipinski definition) is 3. The van der Waals surface area contributed by atoms with Crippen LogP contribution in [0.5, 0.6) is 0 Å². The Hall–Kier alpha value is -1.62. The normalized spacial score (nSPS) is 19.3. The van der Waals surface area contributed by atoms with Crippen molar-refractivity contribution >= 4 is 17.2 Å². The highest BCUT2D eigenvalue weighted by Gasteiger charge is 2.31. The van der Waals surface area contributed by atoms with E-state index < -0.39 is 0 Å². The highest BCUT2D eigenvalue weighted by Crippen LogP contribution is 2.33. The van der Waals surface area contributed by atoms with Crippen LogP contribution < -0.4 is 0 Å². The molecule has 106 valence electrons.